The number of aryl methyl sites for hydroxylation is 1. The number of hydrogen-bond donors (Lipinski definition) is 3. The van der Waals surface area contributed by atoms with Gasteiger partial charge in [0.15, 0.2) is 0 Å². The predicted octanol–water partition coefficient (Wildman–Crippen LogP) is 3.49. The molecule has 3 atom stereocenters. The largest absolute Gasteiger partial charge is 0.343 e. The van der Waals surface area contributed by atoms with E-state index in [1.807, 2.05) is 38.3 Å². The second kappa shape index (κ2) is 11.7. The van der Waals surface area contributed by atoms with Crippen molar-refractivity contribution in [3.05, 3.63) is 46.9 Å². The maximum atomic E-state index is 13.3. The van der Waals surface area contributed by atoms with Gasteiger partial charge >= 0.3 is 0 Å². The summed E-state index contributed by atoms with van der Waals surface area (Å²) in [4.78, 5) is 42.5. The van der Waals surface area contributed by atoms with Crippen LogP contribution in [-0.4, -0.2) is 45.6 Å². The summed E-state index contributed by atoms with van der Waals surface area (Å²) in [6.45, 7) is 7.20. The summed E-state index contributed by atoms with van der Waals surface area (Å²) in [7, 11) is 0. The molecule has 9 heteroatoms. The highest BCUT2D eigenvalue weighted by molar-refractivity contribution is 7.09. The number of nitrogens with zero attached hydrogens (tertiary/aromatic N) is 2. The zero-order valence-electron chi connectivity index (χ0n) is 18.9. The van der Waals surface area contributed by atoms with Crippen LogP contribution in [0.4, 0.5) is 5.69 Å². The molecular formula is C23H32N4O4S. The first-order valence-electron chi connectivity index (χ1n) is 10.6. The fraction of sp³-hybridized carbons (Fsp3) is 0.478. The Labute approximate surface area is 193 Å². The van der Waals surface area contributed by atoms with Crippen LogP contribution < -0.4 is 10.6 Å². The molecule has 0 saturated heterocycles. The van der Waals surface area contributed by atoms with Crippen LogP contribution >= 0.6 is 11.3 Å². The summed E-state index contributed by atoms with van der Waals surface area (Å²) in [5.74, 6) is -1.42. The second-order valence-corrected chi connectivity index (χ2v) is 9.87. The minimum atomic E-state index is -0.828. The topological polar surface area (TPSA) is 112 Å². The molecule has 2 heterocycles. The number of thiophene rings is 1. The average Bonchev–Trinajstić information content (AvgIpc) is 3.27. The molecule has 0 saturated carbocycles. The average molecular weight is 461 g/mol. The van der Waals surface area contributed by atoms with E-state index in [9.17, 15) is 19.6 Å². The minimum Gasteiger partial charge on any atom is -0.343 e. The Bertz CT molecular complexity index is 868. The quantitative estimate of drug-likeness (QED) is 0.270. The Balaban J connectivity index is 2.14. The maximum absolute atomic E-state index is 13.3. The molecule has 8 nitrogen and oxygen atoms in total. The molecule has 0 aliphatic carbocycles. The Morgan fingerprint density at radius 1 is 1.25 bits per heavy atom. The summed E-state index contributed by atoms with van der Waals surface area (Å²) >= 11 is 1.65. The van der Waals surface area contributed by atoms with Gasteiger partial charge in [0.05, 0.1) is 23.8 Å². The molecule has 0 aliphatic heterocycles. The van der Waals surface area contributed by atoms with Crippen LogP contribution in [-0.2, 0) is 20.8 Å². The second-order valence-electron chi connectivity index (χ2n) is 8.84. The number of aromatic nitrogens is 1. The number of rotatable bonds is 11. The van der Waals surface area contributed by atoms with Gasteiger partial charge in [-0.2, -0.15) is 0 Å². The molecule has 0 spiro atoms. The lowest BCUT2D eigenvalue weighted by Crippen LogP contribution is -2.55. The van der Waals surface area contributed by atoms with Crippen LogP contribution in [0.1, 0.15) is 45.4 Å². The number of hydrogen-bond acceptors (Lipinski definition) is 6. The Kier molecular flexibility index (Phi) is 9.34. The lowest BCUT2D eigenvalue weighted by atomic mass is 9.84. The van der Waals surface area contributed by atoms with Crippen molar-refractivity contribution in [2.45, 2.75) is 59.0 Å². The Morgan fingerprint density at radius 2 is 2.00 bits per heavy atom. The number of hydroxylamine groups is 2. The molecule has 32 heavy (non-hydrogen) atoms. The van der Waals surface area contributed by atoms with Gasteiger partial charge in [-0.1, -0.05) is 26.8 Å². The molecule has 3 N–H and O–H groups in total. The standard InChI is InChI=1S/C23H32N4O4S/c1-16(27(31)15-28)19(11-5-9-18-10-7-13-32-18)21(29)26-20(23(2,3)4)22(30)25-17-8-6-12-24-14-17/h6-8,10,12-16,19-20,31H,5,9,11H2,1-4H3,(H,25,30)(H,26,29)/t16-,19+,20+/m0/s1. The van der Waals surface area contributed by atoms with E-state index in [4.69, 9.17) is 0 Å². The maximum Gasteiger partial charge on any atom is 0.247 e. The number of anilines is 1. The lowest BCUT2D eigenvalue weighted by molar-refractivity contribution is -0.166. The fourth-order valence-electron chi connectivity index (χ4n) is 3.40. The van der Waals surface area contributed by atoms with E-state index in [0.717, 1.165) is 6.42 Å². The van der Waals surface area contributed by atoms with Crippen LogP contribution in [0, 0.1) is 11.3 Å². The van der Waals surface area contributed by atoms with Crippen LogP contribution in [0.3, 0.4) is 0 Å². The molecule has 2 rings (SSSR count). The third-order valence-corrected chi connectivity index (χ3v) is 6.24. The molecule has 0 unspecified atom stereocenters. The van der Waals surface area contributed by atoms with Gasteiger partial charge in [-0.3, -0.25) is 24.6 Å². The number of carbonyl (C=O) groups is 3. The SMILES string of the molecule is C[C@@H]([C@@H](CCCc1cccs1)C(=O)N[C@H](C(=O)Nc1cccnc1)C(C)(C)C)N(O)C=O. The zero-order valence-corrected chi connectivity index (χ0v) is 19.8. The van der Waals surface area contributed by atoms with Crippen molar-refractivity contribution >= 4 is 35.2 Å². The van der Waals surface area contributed by atoms with Crippen LogP contribution in [0.25, 0.3) is 0 Å². The fourth-order valence-corrected chi connectivity index (χ4v) is 4.15. The molecule has 0 bridgehead atoms. The smallest absolute Gasteiger partial charge is 0.247 e. The highest BCUT2D eigenvalue weighted by atomic mass is 32.1. The third kappa shape index (κ3) is 7.42. The first-order valence-corrected chi connectivity index (χ1v) is 11.5. The summed E-state index contributed by atoms with van der Waals surface area (Å²) in [6, 6.07) is 5.87. The third-order valence-electron chi connectivity index (χ3n) is 5.31. The van der Waals surface area contributed by atoms with Crippen LogP contribution in [0.15, 0.2) is 42.0 Å². The zero-order chi connectivity index (χ0) is 23.7. The first kappa shape index (κ1) is 25.5. The number of pyridine rings is 1. The molecule has 3 amide bonds. The van der Waals surface area contributed by atoms with E-state index in [2.05, 4.69) is 15.6 Å². The van der Waals surface area contributed by atoms with Crippen molar-refractivity contribution in [3.63, 3.8) is 0 Å². The highest BCUT2D eigenvalue weighted by Crippen LogP contribution is 2.24. The van der Waals surface area contributed by atoms with Crippen LogP contribution in [0.5, 0.6) is 0 Å². The summed E-state index contributed by atoms with van der Waals surface area (Å²) in [6.07, 6.45) is 5.39. The van der Waals surface area contributed by atoms with Crippen molar-refractivity contribution in [3.8, 4) is 0 Å². The van der Waals surface area contributed by atoms with Gasteiger partial charge in [0, 0.05) is 11.1 Å². The van der Waals surface area contributed by atoms with Crippen molar-refractivity contribution in [2.24, 2.45) is 11.3 Å². The molecule has 2 aromatic heterocycles. The number of nitrogens with one attached hydrogen (secondary N) is 2. The van der Waals surface area contributed by atoms with Gasteiger partial charge in [-0.15, -0.1) is 11.3 Å². The first-order chi connectivity index (χ1) is 15.1. The molecule has 2 aromatic rings. The van der Waals surface area contributed by atoms with E-state index < -0.39 is 23.4 Å². The van der Waals surface area contributed by atoms with E-state index >= 15 is 0 Å². The van der Waals surface area contributed by atoms with E-state index in [-0.39, 0.29) is 11.8 Å². The molecule has 0 aliphatic rings. The van der Waals surface area contributed by atoms with Crippen molar-refractivity contribution in [2.75, 3.05) is 5.32 Å². The molecule has 0 aromatic carbocycles. The van der Waals surface area contributed by atoms with Gasteiger partial charge in [0.2, 0.25) is 18.2 Å². The monoisotopic (exact) mass is 460 g/mol. The lowest BCUT2D eigenvalue weighted by Gasteiger charge is -2.33. The summed E-state index contributed by atoms with van der Waals surface area (Å²) in [5, 5.41) is 18.1. The summed E-state index contributed by atoms with van der Waals surface area (Å²) in [5.41, 5.74) is -0.0413. The molecular weight excluding hydrogens is 428 g/mol. The summed E-state index contributed by atoms with van der Waals surface area (Å²) < 4.78 is 0. The van der Waals surface area contributed by atoms with E-state index in [1.54, 1.807) is 36.6 Å². The minimum absolute atomic E-state index is 0.292. The van der Waals surface area contributed by atoms with Crippen molar-refractivity contribution in [1.29, 1.82) is 0 Å². The van der Waals surface area contributed by atoms with Gasteiger partial charge in [-0.25, -0.2) is 5.06 Å². The van der Waals surface area contributed by atoms with Crippen molar-refractivity contribution < 1.29 is 19.6 Å². The Morgan fingerprint density at radius 3 is 2.56 bits per heavy atom. The van der Waals surface area contributed by atoms with Gasteiger partial charge in [0.25, 0.3) is 0 Å². The van der Waals surface area contributed by atoms with Crippen molar-refractivity contribution in [1.82, 2.24) is 15.4 Å². The van der Waals surface area contributed by atoms with Gasteiger partial charge in [-0.05, 0) is 55.2 Å². The normalized spacial score (nSPS) is 14.2. The molecule has 0 radical (unpaired) electrons. The number of amides is 3. The molecule has 0 fully saturated rings. The van der Waals surface area contributed by atoms with E-state index in [0.29, 0.717) is 30.0 Å². The predicted molar refractivity (Wildman–Crippen MR) is 124 cm³/mol. The van der Waals surface area contributed by atoms with E-state index in [1.165, 1.54) is 11.1 Å². The van der Waals surface area contributed by atoms with Gasteiger partial charge < -0.3 is 10.6 Å². The Hall–Kier alpha value is -2.78. The number of carbonyl (C=O) groups excluding carboxylic acids is 3. The highest BCUT2D eigenvalue weighted by Gasteiger charge is 2.36. The molecule has 174 valence electrons. The van der Waals surface area contributed by atoms with Crippen LogP contribution in [0.2, 0.25) is 0 Å². The van der Waals surface area contributed by atoms with Gasteiger partial charge in [0.1, 0.15) is 6.04 Å².